The molecule has 2 aliphatic rings. The fourth-order valence-corrected chi connectivity index (χ4v) is 4.29. The van der Waals surface area contributed by atoms with Gasteiger partial charge in [-0.15, -0.1) is 24.2 Å². The number of carbonyl (C=O) groups is 1. The molecule has 3 rings (SSSR count). The molecule has 0 saturated carbocycles. The van der Waals surface area contributed by atoms with E-state index in [0.717, 1.165) is 18.6 Å². The Hall–Kier alpha value is -0.710. The standard InChI is InChI=1S/C17H24N2OS.ClH/c1-12-3-2-4-13(7-12)10-21-11-17(20)19-16-8-14-5-6-15(9-16)18-14;/h2-4,7,14-16,18H,5-6,8-11H2,1H3,(H,19,20);1H. The van der Waals surface area contributed by atoms with E-state index in [0.29, 0.717) is 23.9 Å². The normalized spacial score (nSPS) is 26.3. The van der Waals surface area contributed by atoms with Crippen molar-refractivity contribution in [2.24, 2.45) is 0 Å². The number of halogens is 1. The van der Waals surface area contributed by atoms with Crippen molar-refractivity contribution < 1.29 is 4.79 Å². The first-order chi connectivity index (χ1) is 10.2. The first-order valence-electron chi connectivity index (χ1n) is 7.88. The molecule has 1 amide bonds. The molecule has 2 aliphatic heterocycles. The Balaban J connectivity index is 0.00000176. The third-order valence-corrected chi connectivity index (χ3v) is 5.43. The molecule has 1 aromatic rings. The van der Waals surface area contributed by atoms with Gasteiger partial charge in [0, 0.05) is 23.9 Å². The zero-order chi connectivity index (χ0) is 14.7. The van der Waals surface area contributed by atoms with E-state index in [1.165, 1.54) is 24.0 Å². The average Bonchev–Trinajstić information content (AvgIpc) is 2.78. The van der Waals surface area contributed by atoms with E-state index >= 15 is 0 Å². The van der Waals surface area contributed by atoms with Crippen LogP contribution in [0.5, 0.6) is 0 Å². The molecule has 1 aromatic carbocycles. The summed E-state index contributed by atoms with van der Waals surface area (Å²) >= 11 is 1.70. The number of piperidine rings is 1. The lowest BCUT2D eigenvalue weighted by atomic mass is 10.00. The van der Waals surface area contributed by atoms with Crippen molar-refractivity contribution in [1.82, 2.24) is 10.6 Å². The number of aryl methyl sites for hydroxylation is 1. The van der Waals surface area contributed by atoms with Crippen LogP contribution in [0, 0.1) is 6.92 Å². The van der Waals surface area contributed by atoms with Crippen molar-refractivity contribution in [2.75, 3.05) is 5.75 Å². The Labute approximate surface area is 143 Å². The van der Waals surface area contributed by atoms with Crippen LogP contribution in [-0.2, 0) is 10.5 Å². The molecule has 0 spiro atoms. The van der Waals surface area contributed by atoms with Gasteiger partial charge in [-0.05, 0) is 38.2 Å². The number of thioether (sulfide) groups is 1. The minimum absolute atomic E-state index is 0. The first-order valence-corrected chi connectivity index (χ1v) is 9.03. The smallest absolute Gasteiger partial charge is 0.230 e. The summed E-state index contributed by atoms with van der Waals surface area (Å²) in [7, 11) is 0. The molecule has 0 aromatic heterocycles. The molecular formula is C17H25ClN2OS. The molecule has 2 fully saturated rings. The molecular weight excluding hydrogens is 316 g/mol. The molecule has 122 valence electrons. The second-order valence-electron chi connectivity index (χ2n) is 6.36. The van der Waals surface area contributed by atoms with Gasteiger partial charge in [-0.2, -0.15) is 0 Å². The van der Waals surface area contributed by atoms with Crippen LogP contribution < -0.4 is 10.6 Å². The fourth-order valence-electron chi connectivity index (χ4n) is 3.51. The Kier molecular flexibility index (Phi) is 6.60. The molecule has 2 N–H and O–H groups in total. The molecule has 0 radical (unpaired) electrons. The summed E-state index contributed by atoms with van der Waals surface area (Å²) in [5.41, 5.74) is 2.58. The molecule has 5 heteroatoms. The Morgan fingerprint density at radius 2 is 2.05 bits per heavy atom. The van der Waals surface area contributed by atoms with E-state index in [9.17, 15) is 4.79 Å². The topological polar surface area (TPSA) is 41.1 Å². The van der Waals surface area contributed by atoms with Crippen LogP contribution in [0.1, 0.15) is 36.8 Å². The maximum absolute atomic E-state index is 12.0. The highest BCUT2D eigenvalue weighted by atomic mass is 35.5. The van der Waals surface area contributed by atoms with E-state index in [1.54, 1.807) is 11.8 Å². The number of benzene rings is 1. The second kappa shape index (κ2) is 8.23. The summed E-state index contributed by atoms with van der Waals surface area (Å²) < 4.78 is 0. The van der Waals surface area contributed by atoms with Gasteiger partial charge < -0.3 is 10.6 Å². The van der Waals surface area contributed by atoms with Gasteiger partial charge in [-0.25, -0.2) is 0 Å². The van der Waals surface area contributed by atoms with E-state index < -0.39 is 0 Å². The summed E-state index contributed by atoms with van der Waals surface area (Å²) in [5, 5.41) is 6.82. The molecule has 2 saturated heterocycles. The lowest BCUT2D eigenvalue weighted by Crippen LogP contribution is -2.48. The molecule has 2 unspecified atom stereocenters. The second-order valence-corrected chi connectivity index (χ2v) is 7.34. The number of carbonyl (C=O) groups excluding carboxylic acids is 1. The number of hydrogen-bond acceptors (Lipinski definition) is 3. The van der Waals surface area contributed by atoms with Crippen molar-refractivity contribution in [3.05, 3.63) is 35.4 Å². The predicted molar refractivity (Wildman–Crippen MR) is 95.7 cm³/mol. The first kappa shape index (κ1) is 17.6. The summed E-state index contributed by atoms with van der Waals surface area (Å²) in [5.74, 6) is 1.67. The van der Waals surface area contributed by atoms with Gasteiger partial charge in [0.15, 0.2) is 0 Å². The van der Waals surface area contributed by atoms with Crippen LogP contribution >= 0.6 is 24.2 Å². The number of amides is 1. The maximum Gasteiger partial charge on any atom is 0.230 e. The monoisotopic (exact) mass is 340 g/mol. The highest BCUT2D eigenvalue weighted by molar-refractivity contribution is 7.99. The van der Waals surface area contributed by atoms with Gasteiger partial charge in [0.2, 0.25) is 5.91 Å². The van der Waals surface area contributed by atoms with E-state index in [-0.39, 0.29) is 18.3 Å². The largest absolute Gasteiger partial charge is 0.353 e. The predicted octanol–water partition coefficient (Wildman–Crippen LogP) is 3.05. The third kappa shape index (κ3) is 4.90. The Bertz CT molecular complexity index is 499. The van der Waals surface area contributed by atoms with Gasteiger partial charge in [-0.1, -0.05) is 29.8 Å². The van der Waals surface area contributed by atoms with Crippen LogP contribution in [0.3, 0.4) is 0 Å². The van der Waals surface area contributed by atoms with Gasteiger partial charge in [0.25, 0.3) is 0 Å². The third-order valence-electron chi connectivity index (χ3n) is 4.42. The fraction of sp³-hybridized carbons (Fsp3) is 0.588. The Morgan fingerprint density at radius 3 is 2.73 bits per heavy atom. The molecule has 2 bridgehead atoms. The quantitative estimate of drug-likeness (QED) is 0.865. The lowest BCUT2D eigenvalue weighted by Gasteiger charge is -2.29. The molecule has 22 heavy (non-hydrogen) atoms. The summed E-state index contributed by atoms with van der Waals surface area (Å²) in [6, 6.07) is 10.2. The minimum Gasteiger partial charge on any atom is -0.353 e. The lowest BCUT2D eigenvalue weighted by molar-refractivity contribution is -0.119. The van der Waals surface area contributed by atoms with Crippen LogP contribution in [0.15, 0.2) is 24.3 Å². The van der Waals surface area contributed by atoms with Crippen molar-refractivity contribution in [3.8, 4) is 0 Å². The molecule has 3 nitrogen and oxygen atoms in total. The van der Waals surface area contributed by atoms with Crippen molar-refractivity contribution in [2.45, 2.75) is 56.5 Å². The summed E-state index contributed by atoms with van der Waals surface area (Å²) in [4.78, 5) is 12.0. The zero-order valence-corrected chi connectivity index (χ0v) is 14.6. The van der Waals surface area contributed by atoms with Gasteiger partial charge in [0.1, 0.15) is 0 Å². The zero-order valence-electron chi connectivity index (χ0n) is 13.0. The van der Waals surface area contributed by atoms with Crippen LogP contribution in [0.25, 0.3) is 0 Å². The van der Waals surface area contributed by atoms with Crippen molar-refractivity contribution >= 4 is 30.1 Å². The molecule has 0 aliphatic carbocycles. The average molecular weight is 341 g/mol. The highest BCUT2D eigenvalue weighted by Crippen LogP contribution is 2.26. The number of fused-ring (bicyclic) bond motifs is 2. The van der Waals surface area contributed by atoms with Gasteiger partial charge in [0.05, 0.1) is 5.75 Å². The maximum atomic E-state index is 12.0. The number of nitrogens with one attached hydrogen (secondary N) is 2. The number of rotatable bonds is 5. The number of hydrogen-bond donors (Lipinski definition) is 2. The van der Waals surface area contributed by atoms with Crippen molar-refractivity contribution in [3.63, 3.8) is 0 Å². The molecule has 2 atom stereocenters. The van der Waals surface area contributed by atoms with Crippen molar-refractivity contribution in [1.29, 1.82) is 0 Å². The Morgan fingerprint density at radius 1 is 1.32 bits per heavy atom. The highest BCUT2D eigenvalue weighted by Gasteiger charge is 2.33. The van der Waals surface area contributed by atoms with Crippen LogP contribution in [0.4, 0.5) is 0 Å². The summed E-state index contributed by atoms with van der Waals surface area (Å²) in [6.07, 6.45) is 4.76. The minimum atomic E-state index is 0. The van der Waals surface area contributed by atoms with E-state index in [1.807, 2.05) is 0 Å². The van der Waals surface area contributed by atoms with Crippen LogP contribution in [0.2, 0.25) is 0 Å². The van der Waals surface area contributed by atoms with Crippen LogP contribution in [-0.4, -0.2) is 29.8 Å². The van der Waals surface area contributed by atoms with Gasteiger partial charge >= 0.3 is 0 Å². The van der Waals surface area contributed by atoms with Gasteiger partial charge in [-0.3, -0.25) is 4.79 Å². The molecule has 2 heterocycles. The van der Waals surface area contributed by atoms with E-state index in [2.05, 4.69) is 41.8 Å². The van der Waals surface area contributed by atoms with E-state index in [4.69, 9.17) is 0 Å². The SMILES string of the molecule is Cc1cccc(CSCC(=O)NC2CC3CCC(C2)N3)c1.Cl. The summed E-state index contributed by atoms with van der Waals surface area (Å²) in [6.45, 7) is 2.10.